The van der Waals surface area contributed by atoms with Crippen molar-refractivity contribution in [2.45, 2.75) is 45.3 Å². The monoisotopic (exact) mass is 230 g/mol. The molecule has 0 radical (unpaired) electrons. The Morgan fingerprint density at radius 3 is 2.69 bits per heavy atom. The summed E-state index contributed by atoms with van der Waals surface area (Å²) in [5.41, 5.74) is 0. The van der Waals surface area contributed by atoms with Crippen LogP contribution in [0.3, 0.4) is 0 Å². The molecule has 0 aromatic carbocycles. The van der Waals surface area contributed by atoms with Crippen molar-refractivity contribution in [3.63, 3.8) is 0 Å². The molecule has 0 aromatic heterocycles. The quantitative estimate of drug-likeness (QED) is 0.522. The Morgan fingerprint density at radius 2 is 2.06 bits per heavy atom. The van der Waals surface area contributed by atoms with E-state index in [9.17, 15) is 9.59 Å². The molecule has 2 unspecified atom stereocenters. The van der Waals surface area contributed by atoms with E-state index >= 15 is 0 Å². The number of carbonyl (C=O) groups excluding carboxylic acids is 2. The lowest BCUT2D eigenvalue weighted by Crippen LogP contribution is -2.26. The number of hydrogen-bond acceptors (Lipinski definition) is 5. The largest absolute Gasteiger partial charge is 0.466 e. The Hall–Kier alpha value is -1.10. The molecule has 0 aliphatic carbocycles. The van der Waals surface area contributed by atoms with Gasteiger partial charge in [0.2, 0.25) is 0 Å². The zero-order chi connectivity index (χ0) is 12.0. The summed E-state index contributed by atoms with van der Waals surface area (Å²) in [5.74, 6) is -0.552. The Balaban J connectivity index is 2.19. The van der Waals surface area contributed by atoms with Gasteiger partial charge >= 0.3 is 11.9 Å². The molecule has 16 heavy (non-hydrogen) atoms. The van der Waals surface area contributed by atoms with E-state index in [1.54, 1.807) is 0 Å². The summed E-state index contributed by atoms with van der Waals surface area (Å²) < 4.78 is 15.4. The molecule has 0 amide bonds. The minimum atomic E-state index is -0.277. The highest BCUT2D eigenvalue weighted by atomic mass is 16.6. The van der Waals surface area contributed by atoms with E-state index in [1.165, 1.54) is 13.8 Å². The van der Waals surface area contributed by atoms with Crippen molar-refractivity contribution in [3.05, 3.63) is 0 Å². The molecule has 0 aromatic rings. The zero-order valence-corrected chi connectivity index (χ0v) is 9.73. The molecular weight excluding hydrogens is 212 g/mol. The van der Waals surface area contributed by atoms with Crippen molar-refractivity contribution in [2.24, 2.45) is 0 Å². The molecule has 1 aliphatic rings. The molecule has 1 saturated heterocycles. The summed E-state index contributed by atoms with van der Waals surface area (Å²) in [6.07, 6.45) is 2.01. The first-order valence-electron chi connectivity index (χ1n) is 5.52. The van der Waals surface area contributed by atoms with Gasteiger partial charge in [0, 0.05) is 20.3 Å². The van der Waals surface area contributed by atoms with Crippen LogP contribution in [0.1, 0.15) is 33.1 Å². The van der Waals surface area contributed by atoms with Crippen LogP contribution in [0.2, 0.25) is 0 Å². The van der Waals surface area contributed by atoms with Gasteiger partial charge < -0.3 is 14.2 Å². The highest BCUT2D eigenvalue weighted by Gasteiger charge is 2.30. The first-order valence-corrected chi connectivity index (χ1v) is 5.52. The minimum absolute atomic E-state index is 0.0561. The molecule has 0 spiro atoms. The predicted molar refractivity (Wildman–Crippen MR) is 55.8 cm³/mol. The second-order valence-electron chi connectivity index (χ2n) is 3.83. The number of hydrogen-bond donors (Lipinski definition) is 0. The summed E-state index contributed by atoms with van der Waals surface area (Å²) in [6.45, 7) is 3.79. The number of esters is 2. The van der Waals surface area contributed by atoms with Gasteiger partial charge in [-0.05, 0) is 12.8 Å². The standard InChI is InChI=1S/C11H18O5/c1-8(12)14-6-3-4-10-11(5-7-15-10)16-9(2)13/h10-11H,3-7H2,1-2H3. The van der Waals surface area contributed by atoms with E-state index in [-0.39, 0.29) is 24.1 Å². The van der Waals surface area contributed by atoms with Crippen LogP contribution in [0, 0.1) is 0 Å². The van der Waals surface area contributed by atoms with Crippen molar-refractivity contribution in [1.82, 2.24) is 0 Å². The number of carbonyl (C=O) groups is 2. The SMILES string of the molecule is CC(=O)OCCCC1OCCC1OC(C)=O. The fourth-order valence-corrected chi connectivity index (χ4v) is 1.75. The van der Waals surface area contributed by atoms with Crippen molar-refractivity contribution in [3.8, 4) is 0 Å². The molecule has 2 atom stereocenters. The van der Waals surface area contributed by atoms with Gasteiger partial charge in [0.15, 0.2) is 0 Å². The maximum absolute atomic E-state index is 10.8. The molecule has 1 heterocycles. The smallest absolute Gasteiger partial charge is 0.302 e. The van der Waals surface area contributed by atoms with Gasteiger partial charge in [-0.15, -0.1) is 0 Å². The van der Waals surface area contributed by atoms with Gasteiger partial charge in [0.05, 0.1) is 19.3 Å². The van der Waals surface area contributed by atoms with E-state index in [0.717, 1.165) is 19.3 Å². The third-order valence-electron chi connectivity index (χ3n) is 2.40. The topological polar surface area (TPSA) is 61.8 Å². The molecule has 5 heteroatoms. The lowest BCUT2D eigenvalue weighted by molar-refractivity contribution is -0.149. The molecular formula is C11H18O5. The lowest BCUT2D eigenvalue weighted by Gasteiger charge is -2.17. The summed E-state index contributed by atoms with van der Waals surface area (Å²) in [7, 11) is 0. The van der Waals surface area contributed by atoms with Gasteiger partial charge in [-0.3, -0.25) is 9.59 Å². The average Bonchev–Trinajstić information content (AvgIpc) is 2.59. The summed E-state index contributed by atoms with van der Waals surface area (Å²) in [5, 5.41) is 0. The van der Waals surface area contributed by atoms with Crippen molar-refractivity contribution in [2.75, 3.05) is 13.2 Å². The molecule has 92 valence electrons. The Kier molecular flexibility index (Phi) is 5.25. The summed E-state index contributed by atoms with van der Waals surface area (Å²) in [6, 6.07) is 0. The number of rotatable bonds is 5. The lowest BCUT2D eigenvalue weighted by atomic mass is 10.1. The second kappa shape index (κ2) is 6.48. The van der Waals surface area contributed by atoms with E-state index in [0.29, 0.717) is 13.2 Å². The first kappa shape index (κ1) is 13.0. The molecule has 0 N–H and O–H groups in total. The molecule has 0 bridgehead atoms. The maximum Gasteiger partial charge on any atom is 0.302 e. The molecule has 1 aliphatic heterocycles. The van der Waals surface area contributed by atoms with Gasteiger partial charge in [-0.25, -0.2) is 0 Å². The fraction of sp³-hybridized carbons (Fsp3) is 0.818. The third kappa shape index (κ3) is 4.61. The van der Waals surface area contributed by atoms with E-state index < -0.39 is 0 Å². The highest BCUT2D eigenvalue weighted by molar-refractivity contribution is 5.66. The molecule has 5 nitrogen and oxygen atoms in total. The zero-order valence-electron chi connectivity index (χ0n) is 9.73. The van der Waals surface area contributed by atoms with Gasteiger partial charge in [0.1, 0.15) is 6.10 Å². The van der Waals surface area contributed by atoms with Gasteiger partial charge in [-0.1, -0.05) is 0 Å². The van der Waals surface area contributed by atoms with Crippen LogP contribution in [-0.4, -0.2) is 37.4 Å². The van der Waals surface area contributed by atoms with Crippen LogP contribution < -0.4 is 0 Å². The first-order chi connectivity index (χ1) is 7.59. The van der Waals surface area contributed by atoms with E-state index in [2.05, 4.69) is 0 Å². The van der Waals surface area contributed by atoms with Crippen molar-refractivity contribution >= 4 is 11.9 Å². The summed E-state index contributed by atoms with van der Waals surface area (Å²) >= 11 is 0. The van der Waals surface area contributed by atoms with Crippen molar-refractivity contribution < 1.29 is 23.8 Å². The predicted octanol–water partition coefficient (Wildman–Crippen LogP) is 1.05. The minimum Gasteiger partial charge on any atom is -0.466 e. The fourth-order valence-electron chi connectivity index (χ4n) is 1.75. The Labute approximate surface area is 95.0 Å². The van der Waals surface area contributed by atoms with Gasteiger partial charge in [-0.2, -0.15) is 0 Å². The van der Waals surface area contributed by atoms with Gasteiger partial charge in [0.25, 0.3) is 0 Å². The van der Waals surface area contributed by atoms with E-state index in [4.69, 9.17) is 14.2 Å². The normalized spacial score (nSPS) is 24.1. The second-order valence-corrected chi connectivity index (χ2v) is 3.83. The Bertz CT molecular complexity index is 251. The van der Waals surface area contributed by atoms with Crippen LogP contribution in [0.25, 0.3) is 0 Å². The maximum atomic E-state index is 10.8. The highest BCUT2D eigenvalue weighted by Crippen LogP contribution is 2.21. The Morgan fingerprint density at radius 1 is 1.31 bits per heavy atom. The third-order valence-corrected chi connectivity index (χ3v) is 2.40. The van der Waals surface area contributed by atoms with Crippen LogP contribution >= 0.6 is 0 Å². The van der Waals surface area contributed by atoms with E-state index in [1.807, 2.05) is 0 Å². The molecule has 1 rings (SSSR count). The van der Waals surface area contributed by atoms with Crippen LogP contribution in [-0.2, 0) is 23.8 Å². The van der Waals surface area contributed by atoms with Crippen LogP contribution in [0.15, 0.2) is 0 Å². The molecule has 0 saturated carbocycles. The average molecular weight is 230 g/mol. The summed E-state index contributed by atoms with van der Waals surface area (Å²) in [4.78, 5) is 21.3. The van der Waals surface area contributed by atoms with Crippen LogP contribution in [0.4, 0.5) is 0 Å². The molecule has 1 fully saturated rings. The number of ether oxygens (including phenoxy) is 3. The van der Waals surface area contributed by atoms with Crippen LogP contribution in [0.5, 0.6) is 0 Å². The van der Waals surface area contributed by atoms with Crippen molar-refractivity contribution in [1.29, 1.82) is 0 Å².